The highest BCUT2D eigenvalue weighted by Gasteiger charge is 2.12. The fourth-order valence-corrected chi connectivity index (χ4v) is 2.08. The Morgan fingerprint density at radius 1 is 1.31 bits per heavy atom. The van der Waals surface area contributed by atoms with Crippen LogP contribution >= 0.6 is 15.9 Å². The molecule has 0 fully saturated rings. The Labute approximate surface area is 103 Å². The zero-order valence-corrected chi connectivity index (χ0v) is 10.3. The van der Waals surface area contributed by atoms with E-state index in [1.807, 2.05) is 24.3 Å². The molecule has 0 spiro atoms. The van der Waals surface area contributed by atoms with Gasteiger partial charge in [0.1, 0.15) is 0 Å². The summed E-state index contributed by atoms with van der Waals surface area (Å²) in [5, 5.41) is 0. The molecule has 3 nitrogen and oxygen atoms in total. The second-order valence-corrected chi connectivity index (χ2v) is 4.43. The van der Waals surface area contributed by atoms with Gasteiger partial charge < -0.3 is 4.42 Å². The Morgan fingerprint density at radius 2 is 2.12 bits per heavy atom. The quantitative estimate of drug-likeness (QED) is 0.669. The summed E-state index contributed by atoms with van der Waals surface area (Å²) in [5.41, 5.74) is 5.07. The Morgan fingerprint density at radius 3 is 2.75 bits per heavy atom. The van der Waals surface area contributed by atoms with Gasteiger partial charge in [-0.3, -0.25) is 11.3 Å². The number of furan rings is 1. The molecule has 0 saturated heterocycles. The fourth-order valence-electron chi connectivity index (χ4n) is 1.63. The van der Waals surface area contributed by atoms with Crippen molar-refractivity contribution in [2.75, 3.05) is 0 Å². The summed E-state index contributed by atoms with van der Waals surface area (Å²) in [6.45, 7) is 0. The number of nitrogens with two attached hydrogens (primary N) is 1. The Hall–Kier alpha value is -1.10. The highest BCUT2D eigenvalue weighted by molar-refractivity contribution is 9.10. The first kappa shape index (κ1) is 11.4. The number of hydrazine groups is 1. The van der Waals surface area contributed by atoms with Gasteiger partial charge in [-0.2, -0.15) is 0 Å². The SMILES string of the molecule is NNC(Cc1ccccc1Br)c1ccoc1. The predicted octanol–water partition coefficient (Wildman–Crippen LogP) is 2.79. The molecule has 3 N–H and O–H groups in total. The lowest BCUT2D eigenvalue weighted by molar-refractivity contribution is 0.525. The number of hydrogen-bond donors (Lipinski definition) is 2. The molecule has 84 valence electrons. The van der Waals surface area contributed by atoms with Crippen LogP contribution in [0, 0.1) is 0 Å². The van der Waals surface area contributed by atoms with Gasteiger partial charge in [-0.1, -0.05) is 34.1 Å². The minimum absolute atomic E-state index is 0.0671. The van der Waals surface area contributed by atoms with Gasteiger partial charge >= 0.3 is 0 Å². The third-order valence-electron chi connectivity index (χ3n) is 2.53. The fraction of sp³-hybridized carbons (Fsp3) is 0.167. The van der Waals surface area contributed by atoms with Crippen molar-refractivity contribution in [2.45, 2.75) is 12.5 Å². The van der Waals surface area contributed by atoms with Crippen molar-refractivity contribution in [1.82, 2.24) is 5.43 Å². The number of halogens is 1. The summed E-state index contributed by atoms with van der Waals surface area (Å²) in [6.07, 6.45) is 4.18. The lowest BCUT2D eigenvalue weighted by atomic mass is 10.0. The highest BCUT2D eigenvalue weighted by Crippen LogP contribution is 2.23. The molecule has 0 aliphatic rings. The second-order valence-electron chi connectivity index (χ2n) is 3.57. The lowest BCUT2D eigenvalue weighted by Gasteiger charge is -2.14. The molecule has 2 aromatic rings. The monoisotopic (exact) mass is 280 g/mol. The standard InChI is InChI=1S/C12H13BrN2O/c13-11-4-2-1-3-9(11)7-12(15-14)10-5-6-16-8-10/h1-6,8,12,15H,7,14H2. The summed E-state index contributed by atoms with van der Waals surface area (Å²) >= 11 is 3.53. The normalized spacial score (nSPS) is 12.6. The van der Waals surface area contributed by atoms with Crippen molar-refractivity contribution in [2.24, 2.45) is 5.84 Å². The Kier molecular flexibility index (Phi) is 3.77. The van der Waals surface area contributed by atoms with Crippen LogP contribution in [0.15, 0.2) is 51.7 Å². The van der Waals surface area contributed by atoms with Crippen LogP contribution in [0.25, 0.3) is 0 Å². The lowest BCUT2D eigenvalue weighted by Crippen LogP contribution is -2.29. The van der Waals surface area contributed by atoms with Gasteiger partial charge in [-0.05, 0) is 24.1 Å². The molecule has 16 heavy (non-hydrogen) atoms. The molecule has 0 aliphatic carbocycles. The van der Waals surface area contributed by atoms with Crippen molar-refractivity contribution < 1.29 is 4.42 Å². The van der Waals surface area contributed by atoms with Crippen LogP contribution in [0.1, 0.15) is 17.2 Å². The molecule has 0 radical (unpaired) electrons. The zero-order valence-electron chi connectivity index (χ0n) is 8.69. The molecule has 4 heteroatoms. The van der Waals surface area contributed by atoms with Crippen LogP contribution < -0.4 is 11.3 Å². The molecule has 0 aliphatic heterocycles. The number of nitrogens with one attached hydrogen (secondary N) is 1. The number of hydrogen-bond acceptors (Lipinski definition) is 3. The third kappa shape index (κ3) is 2.52. The van der Waals surface area contributed by atoms with Gasteiger partial charge in [0.2, 0.25) is 0 Å². The van der Waals surface area contributed by atoms with E-state index < -0.39 is 0 Å². The maximum atomic E-state index is 5.55. The molecule has 2 rings (SSSR count). The molecule has 1 aromatic heterocycles. The first-order valence-corrected chi connectivity index (χ1v) is 5.82. The maximum absolute atomic E-state index is 5.55. The van der Waals surface area contributed by atoms with Crippen molar-refractivity contribution in [3.8, 4) is 0 Å². The van der Waals surface area contributed by atoms with Gasteiger partial charge in [0.25, 0.3) is 0 Å². The van der Waals surface area contributed by atoms with Crippen LogP contribution in [0.4, 0.5) is 0 Å². The highest BCUT2D eigenvalue weighted by atomic mass is 79.9. The molecular formula is C12H13BrN2O. The molecule has 0 amide bonds. The zero-order chi connectivity index (χ0) is 11.4. The molecule has 1 heterocycles. The average Bonchev–Trinajstić information content (AvgIpc) is 2.81. The summed E-state index contributed by atoms with van der Waals surface area (Å²) in [6, 6.07) is 10.1. The van der Waals surface area contributed by atoms with E-state index in [0.717, 1.165) is 16.5 Å². The van der Waals surface area contributed by atoms with Crippen molar-refractivity contribution >= 4 is 15.9 Å². The van der Waals surface area contributed by atoms with E-state index in [9.17, 15) is 0 Å². The smallest absolute Gasteiger partial charge is 0.0950 e. The van der Waals surface area contributed by atoms with Gasteiger partial charge in [0, 0.05) is 10.0 Å². The predicted molar refractivity (Wildman–Crippen MR) is 66.6 cm³/mol. The Balaban J connectivity index is 2.17. The summed E-state index contributed by atoms with van der Waals surface area (Å²) in [5.74, 6) is 5.55. The van der Waals surface area contributed by atoms with Crippen molar-refractivity contribution in [3.05, 3.63) is 58.5 Å². The third-order valence-corrected chi connectivity index (χ3v) is 3.30. The van der Waals surface area contributed by atoms with E-state index in [0.29, 0.717) is 0 Å². The molecule has 0 saturated carbocycles. The van der Waals surface area contributed by atoms with E-state index >= 15 is 0 Å². The molecule has 0 bridgehead atoms. The van der Waals surface area contributed by atoms with Crippen LogP contribution in [0.2, 0.25) is 0 Å². The van der Waals surface area contributed by atoms with E-state index in [1.54, 1.807) is 12.5 Å². The van der Waals surface area contributed by atoms with Crippen LogP contribution in [-0.2, 0) is 6.42 Å². The second kappa shape index (κ2) is 5.30. The summed E-state index contributed by atoms with van der Waals surface area (Å²) in [4.78, 5) is 0. The minimum Gasteiger partial charge on any atom is -0.472 e. The Bertz CT molecular complexity index is 442. The van der Waals surface area contributed by atoms with Gasteiger partial charge in [0.05, 0.1) is 18.6 Å². The minimum atomic E-state index is 0.0671. The molecular weight excluding hydrogens is 268 g/mol. The van der Waals surface area contributed by atoms with Crippen LogP contribution in [-0.4, -0.2) is 0 Å². The van der Waals surface area contributed by atoms with Crippen LogP contribution in [0.3, 0.4) is 0 Å². The van der Waals surface area contributed by atoms with Crippen molar-refractivity contribution in [1.29, 1.82) is 0 Å². The van der Waals surface area contributed by atoms with Gasteiger partial charge in [-0.25, -0.2) is 0 Å². The van der Waals surface area contributed by atoms with Crippen LogP contribution in [0.5, 0.6) is 0 Å². The molecule has 1 atom stereocenters. The summed E-state index contributed by atoms with van der Waals surface area (Å²) < 4.78 is 6.15. The van der Waals surface area contributed by atoms with E-state index in [-0.39, 0.29) is 6.04 Å². The van der Waals surface area contributed by atoms with E-state index in [1.165, 1.54) is 5.56 Å². The van der Waals surface area contributed by atoms with Gasteiger partial charge in [0.15, 0.2) is 0 Å². The topological polar surface area (TPSA) is 51.2 Å². The maximum Gasteiger partial charge on any atom is 0.0950 e. The first-order chi connectivity index (χ1) is 7.81. The summed E-state index contributed by atoms with van der Waals surface area (Å²) in [7, 11) is 0. The van der Waals surface area contributed by atoms with Crippen molar-refractivity contribution in [3.63, 3.8) is 0 Å². The molecule has 1 aromatic carbocycles. The molecule has 1 unspecified atom stereocenters. The van der Waals surface area contributed by atoms with E-state index in [4.69, 9.17) is 10.3 Å². The average molecular weight is 281 g/mol. The number of benzene rings is 1. The first-order valence-electron chi connectivity index (χ1n) is 5.03. The van der Waals surface area contributed by atoms with E-state index in [2.05, 4.69) is 27.4 Å². The largest absolute Gasteiger partial charge is 0.472 e. The van der Waals surface area contributed by atoms with Gasteiger partial charge in [-0.15, -0.1) is 0 Å². The number of rotatable bonds is 4.